The summed E-state index contributed by atoms with van der Waals surface area (Å²) in [4.78, 5) is 14.6. The molecule has 0 spiro atoms. The maximum absolute atomic E-state index is 12.7. The van der Waals surface area contributed by atoms with E-state index in [0.29, 0.717) is 11.8 Å². The number of rotatable bonds is 2. The Morgan fingerprint density at radius 3 is 2.90 bits per heavy atom. The van der Waals surface area contributed by atoms with Crippen LogP contribution in [-0.4, -0.2) is 31.5 Å². The van der Waals surface area contributed by atoms with E-state index in [2.05, 4.69) is 25.1 Å². The van der Waals surface area contributed by atoms with Crippen LogP contribution in [0.15, 0.2) is 24.3 Å². The zero-order valence-electron chi connectivity index (χ0n) is 13.3. The quantitative estimate of drug-likeness (QED) is 0.836. The van der Waals surface area contributed by atoms with Crippen molar-refractivity contribution in [2.75, 3.05) is 20.7 Å². The molecule has 3 nitrogen and oxygen atoms in total. The third kappa shape index (κ3) is 2.33. The van der Waals surface area contributed by atoms with Crippen molar-refractivity contribution in [1.29, 1.82) is 0 Å². The molecule has 1 aromatic carbocycles. The molecule has 3 atom stereocenters. The monoisotopic (exact) mass is 287 g/mol. The molecule has 1 amide bonds. The molecule has 114 valence electrons. The molecule has 1 aliphatic heterocycles. The van der Waals surface area contributed by atoms with E-state index < -0.39 is 0 Å². The van der Waals surface area contributed by atoms with Gasteiger partial charge >= 0.3 is 0 Å². The number of carbonyl (C=O) groups excluding carboxylic acids is 1. The minimum Gasteiger partial charge on any atom is -0.497 e. The molecule has 1 saturated carbocycles. The van der Waals surface area contributed by atoms with Crippen LogP contribution in [0.3, 0.4) is 0 Å². The third-order valence-corrected chi connectivity index (χ3v) is 5.54. The molecule has 0 radical (unpaired) electrons. The van der Waals surface area contributed by atoms with Gasteiger partial charge in [0, 0.05) is 24.9 Å². The molecule has 1 saturated heterocycles. The summed E-state index contributed by atoms with van der Waals surface area (Å²) in [6.45, 7) is 3.18. The zero-order valence-corrected chi connectivity index (χ0v) is 13.3. The van der Waals surface area contributed by atoms with Crippen LogP contribution in [0.4, 0.5) is 0 Å². The Morgan fingerprint density at radius 2 is 2.14 bits per heavy atom. The average molecular weight is 287 g/mol. The maximum atomic E-state index is 12.7. The van der Waals surface area contributed by atoms with Crippen LogP contribution in [0.2, 0.25) is 0 Å². The lowest BCUT2D eigenvalue weighted by Crippen LogP contribution is -2.54. The summed E-state index contributed by atoms with van der Waals surface area (Å²) in [5.41, 5.74) is 1.30. The Labute approximate surface area is 127 Å². The fourth-order valence-corrected chi connectivity index (χ4v) is 4.37. The van der Waals surface area contributed by atoms with Crippen LogP contribution in [-0.2, 0) is 10.2 Å². The third-order valence-electron chi connectivity index (χ3n) is 5.54. The molecular formula is C18H25NO2. The number of carbonyl (C=O) groups is 1. The van der Waals surface area contributed by atoms with Gasteiger partial charge in [-0.3, -0.25) is 4.79 Å². The van der Waals surface area contributed by atoms with Crippen molar-refractivity contribution < 1.29 is 9.53 Å². The van der Waals surface area contributed by atoms with E-state index in [1.807, 2.05) is 18.0 Å². The number of piperidine rings is 1. The second-order valence-electron chi connectivity index (χ2n) is 6.84. The largest absolute Gasteiger partial charge is 0.497 e. The zero-order chi connectivity index (χ0) is 15.0. The van der Waals surface area contributed by atoms with Gasteiger partial charge in [0.1, 0.15) is 5.75 Å². The average Bonchev–Trinajstić information content (AvgIpc) is 2.51. The summed E-state index contributed by atoms with van der Waals surface area (Å²) < 4.78 is 5.40. The van der Waals surface area contributed by atoms with Crippen molar-refractivity contribution in [1.82, 2.24) is 4.90 Å². The Hall–Kier alpha value is -1.51. The Balaban J connectivity index is 2.05. The predicted molar refractivity (Wildman–Crippen MR) is 83.4 cm³/mol. The van der Waals surface area contributed by atoms with E-state index in [4.69, 9.17) is 4.74 Å². The van der Waals surface area contributed by atoms with Crippen LogP contribution in [0.5, 0.6) is 5.75 Å². The van der Waals surface area contributed by atoms with E-state index >= 15 is 0 Å². The lowest BCUT2D eigenvalue weighted by molar-refractivity contribution is -0.143. The van der Waals surface area contributed by atoms with Gasteiger partial charge in [0.15, 0.2) is 0 Å². The van der Waals surface area contributed by atoms with E-state index in [1.165, 1.54) is 5.56 Å². The van der Waals surface area contributed by atoms with Gasteiger partial charge in [0.2, 0.25) is 5.91 Å². The summed E-state index contributed by atoms with van der Waals surface area (Å²) in [7, 11) is 3.65. The summed E-state index contributed by atoms with van der Waals surface area (Å²) >= 11 is 0. The Morgan fingerprint density at radius 1 is 1.33 bits per heavy atom. The van der Waals surface area contributed by atoms with E-state index in [-0.39, 0.29) is 11.3 Å². The van der Waals surface area contributed by atoms with Crippen LogP contribution >= 0.6 is 0 Å². The number of fused-ring (bicyclic) bond motifs is 1. The fourth-order valence-electron chi connectivity index (χ4n) is 4.37. The number of amides is 1. The molecule has 0 unspecified atom stereocenters. The number of methoxy groups -OCH3 is 1. The summed E-state index contributed by atoms with van der Waals surface area (Å²) in [6.07, 6.45) is 4.36. The first-order valence-corrected chi connectivity index (χ1v) is 7.96. The van der Waals surface area contributed by atoms with Gasteiger partial charge in [0.05, 0.1) is 7.11 Å². The summed E-state index contributed by atoms with van der Waals surface area (Å²) in [5, 5.41) is 0. The van der Waals surface area contributed by atoms with Gasteiger partial charge in [-0.25, -0.2) is 0 Å². The highest BCUT2D eigenvalue weighted by Gasteiger charge is 2.50. The number of ether oxygens (including phenoxy) is 1. The minimum atomic E-state index is 0.00972. The van der Waals surface area contributed by atoms with Crippen molar-refractivity contribution in [2.45, 2.75) is 38.0 Å². The first-order valence-electron chi connectivity index (χ1n) is 7.96. The number of hydrogen-bond donors (Lipinski definition) is 0. The smallest absolute Gasteiger partial charge is 0.226 e. The van der Waals surface area contributed by atoms with Crippen molar-refractivity contribution >= 4 is 5.91 Å². The Bertz CT molecular complexity index is 542. The first-order chi connectivity index (χ1) is 10.1. The molecule has 0 aromatic heterocycles. The van der Waals surface area contributed by atoms with Crippen LogP contribution < -0.4 is 4.74 Å². The van der Waals surface area contributed by atoms with Gasteiger partial charge in [0.25, 0.3) is 0 Å². The van der Waals surface area contributed by atoms with E-state index in [9.17, 15) is 4.79 Å². The van der Waals surface area contributed by atoms with Crippen molar-refractivity contribution in [3.05, 3.63) is 29.8 Å². The van der Waals surface area contributed by atoms with Gasteiger partial charge in [-0.1, -0.05) is 19.1 Å². The first kappa shape index (κ1) is 14.4. The predicted octanol–water partition coefficient (Wildman–Crippen LogP) is 3.23. The molecule has 2 aliphatic rings. The molecular weight excluding hydrogens is 262 g/mol. The molecule has 1 aromatic rings. The van der Waals surface area contributed by atoms with Gasteiger partial charge in [-0.2, -0.15) is 0 Å². The highest BCUT2D eigenvalue weighted by molar-refractivity contribution is 5.81. The molecule has 3 rings (SSSR count). The number of likely N-dealkylation sites (tertiary alicyclic amines) is 1. The normalized spacial score (nSPS) is 32.7. The van der Waals surface area contributed by atoms with Gasteiger partial charge in [-0.15, -0.1) is 0 Å². The maximum Gasteiger partial charge on any atom is 0.226 e. The number of nitrogens with zero attached hydrogens (tertiary/aromatic N) is 1. The van der Waals surface area contributed by atoms with Crippen molar-refractivity contribution in [2.24, 2.45) is 11.8 Å². The lowest BCUT2D eigenvalue weighted by atomic mass is 9.56. The van der Waals surface area contributed by atoms with Crippen LogP contribution in [0.25, 0.3) is 0 Å². The molecule has 0 bridgehead atoms. The molecule has 3 heteroatoms. The molecule has 1 heterocycles. The van der Waals surface area contributed by atoms with Crippen LogP contribution in [0, 0.1) is 11.8 Å². The van der Waals surface area contributed by atoms with Gasteiger partial charge in [-0.05, 0) is 49.3 Å². The van der Waals surface area contributed by atoms with Crippen LogP contribution in [0.1, 0.15) is 38.2 Å². The highest BCUT2D eigenvalue weighted by Crippen LogP contribution is 2.51. The minimum absolute atomic E-state index is 0.00972. The molecule has 0 N–H and O–H groups in total. The lowest BCUT2D eigenvalue weighted by Gasteiger charge is -2.51. The van der Waals surface area contributed by atoms with Crippen molar-refractivity contribution in [3.8, 4) is 5.75 Å². The fraction of sp³-hybridized carbons (Fsp3) is 0.611. The molecule has 1 aliphatic carbocycles. The van der Waals surface area contributed by atoms with Gasteiger partial charge < -0.3 is 9.64 Å². The Kier molecular flexibility index (Phi) is 3.68. The van der Waals surface area contributed by atoms with E-state index in [0.717, 1.165) is 38.0 Å². The standard InChI is InChI=1S/C18H25NO2/c1-13-7-8-16-17(20)19(2)10-9-18(16,12-13)14-5-4-6-15(11-14)21-3/h4-6,11,13,16H,7-10,12H2,1-3H3/t13-,16-,18+/m0/s1. The van der Waals surface area contributed by atoms with E-state index in [1.54, 1.807) is 7.11 Å². The molecule has 2 fully saturated rings. The highest BCUT2D eigenvalue weighted by atomic mass is 16.5. The second kappa shape index (κ2) is 5.36. The topological polar surface area (TPSA) is 29.5 Å². The number of benzene rings is 1. The molecule has 21 heavy (non-hydrogen) atoms. The summed E-state index contributed by atoms with van der Waals surface area (Å²) in [6, 6.07) is 8.37. The summed E-state index contributed by atoms with van der Waals surface area (Å²) in [5.74, 6) is 2.05. The van der Waals surface area contributed by atoms with Crippen molar-refractivity contribution in [3.63, 3.8) is 0 Å². The second-order valence-corrected chi connectivity index (χ2v) is 6.84. The number of hydrogen-bond acceptors (Lipinski definition) is 2. The SMILES string of the molecule is COc1cccc([C@]23CCN(C)C(=O)[C@@H]2CC[C@H](C)C3)c1.